The Morgan fingerprint density at radius 1 is 0.875 bits per heavy atom. The molecule has 3 N–H and O–H groups in total. The van der Waals surface area contributed by atoms with Gasteiger partial charge in [0.15, 0.2) is 5.16 Å². The summed E-state index contributed by atoms with van der Waals surface area (Å²) in [5.41, 5.74) is 3.32. The van der Waals surface area contributed by atoms with Gasteiger partial charge in [0.25, 0.3) is 0 Å². The molecule has 0 radical (unpaired) electrons. The molecule has 3 aromatic rings. The van der Waals surface area contributed by atoms with Gasteiger partial charge in [0.2, 0.25) is 11.8 Å². The van der Waals surface area contributed by atoms with Crippen LogP contribution in [0.25, 0.3) is 0 Å². The number of nitrogens with one attached hydrogen (secondary N) is 3. The second-order valence-corrected chi connectivity index (χ2v) is 11.0. The van der Waals surface area contributed by atoms with Crippen LogP contribution in [0.4, 0.5) is 16.2 Å². The molecule has 0 spiro atoms. The Balaban J connectivity index is 1.41. The Morgan fingerprint density at radius 3 is 2.23 bits per heavy atom. The van der Waals surface area contributed by atoms with E-state index in [1.807, 2.05) is 44.2 Å². The Kier molecular flexibility index (Phi) is 10.9. The summed E-state index contributed by atoms with van der Waals surface area (Å²) >= 11 is 1.29. The molecule has 212 valence electrons. The van der Waals surface area contributed by atoms with Crippen LogP contribution >= 0.6 is 11.8 Å². The lowest BCUT2D eigenvalue weighted by Crippen LogP contribution is -2.34. The minimum absolute atomic E-state index is 0.114. The van der Waals surface area contributed by atoms with Crippen LogP contribution in [0, 0.1) is 13.8 Å². The number of aryl methyl sites for hydroxylation is 2. The smallest absolute Gasteiger partial charge is 0.407 e. The van der Waals surface area contributed by atoms with Crippen molar-refractivity contribution in [3.05, 3.63) is 71.5 Å². The minimum Gasteiger partial charge on any atom is -0.489 e. The van der Waals surface area contributed by atoms with Crippen LogP contribution in [0.15, 0.2) is 59.8 Å². The fraction of sp³-hybridized carbons (Fsp3) is 0.345. The SMILES string of the molecule is Cc1cc(C)nc(SCC(=O)Nc2cccc(COc3ccc(NC(=O)CCNC(=O)OC(C)(C)C)cc3)c2)n1. The van der Waals surface area contributed by atoms with Crippen molar-refractivity contribution in [2.24, 2.45) is 0 Å². The van der Waals surface area contributed by atoms with Gasteiger partial charge in [0.1, 0.15) is 18.0 Å². The van der Waals surface area contributed by atoms with Gasteiger partial charge >= 0.3 is 6.09 Å². The van der Waals surface area contributed by atoms with E-state index in [1.165, 1.54) is 11.8 Å². The summed E-state index contributed by atoms with van der Waals surface area (Å²) in [5, 5.41) is 8.81. The number of nitrogens with zero attached hydrogens (tertiary/aromatic N) is 2. The third-order valence-electron chi connectivity index (χ3n) is 5.07. The average Bonchev–Trinajstić information content (AvgIpc) is 2.86. The van der Waals surface area contributed by atoms with E-state index >= 15 is 0 Å². The summed E-state index contributed by atoms with van der Waals surface area (Å²) in [7, 11) is 0. The first-order valence-corrected chi connectivity index (χ1v) is 13.8. The number of amides is 3. The van der Waals surface area contributed by atoms with Crippen LogP contribution in [0.5, 0.6) is 5.75 Å². The summed E-state index contributed by atoms with van der Waals surface area (Å²) in [6, 6.07) is 16.3. The molecule has 10 nitrogen and oxygen atoms in total. The minimum atomic E-state index is -0.592. The Labute approximate surface area is 238 Å². The Hall–Kier alpha value is -4.12. The summed E-state index contributed by atoms with van der Waals surface area (Å²) in [6.45, 7) is 9.59. The first kappa shape index (κ1) is 30.4. The highest BCUT2D eigenvalue weighted by atomic mass is 32.2. The lowest BCUT2D eigenvalue weighted by molar-refractivity contribution is -0.116. The van der Waals surface area contributed by atoms with Crippen molar-refractivity contribution in [2.45, 2.75) is 58.4 Å². The second-order valence-electron chi connectivity index (χ2n) is 10.0. The summed E-state index contributed by atoms with van der Waals surface area (Å²) in [5.74, 6) is 0.448. The molecule has 0 saturated heterocycles. The van der Waals surface area contributed by atoms with Crippen molar-refractivity contribution >= 4 is 41.0 Å². The van der Waals surface area contributed by atoms with Gasteiger partial charge in [0.05, 0.1) is 5.75 Å². The number of rotatable bonds is 11. The van der Waals surface area contributed by atoms with Crippen LogP contribution in [-0.2, 0) is 20.9 Å². The number of hydrogen-bond acceptors (Lipinski definition) is 8. The molecule has 1 aromatic heterocycles. The van der Waals surface area contributed by atoms with Gasteiger partial charge in [-0.3, -0.25) is 9.59 Å². The normalized spacial score (nSPS) is 10.9. The zero-order valence-electron chi connectivity index (χ0n) is 23.4. The van der Waals surface area contributed by atoms with Crippen molar-refractivity contribution in [2.75, 3.05) is 22.9 Å². The van der Waals surface area contributed by atoms with E-state index in [4.69, 9.17) is 9.47 Å². The van der Waals surface area contributed by atoms with E-state index in [0.717, 1.165) is 17.0 Å². The highest BCUT2D eigenvalue weighted by Crippen LogP contribution is 2.19. The molecule has 40 heavy (non-hydrogen) atoms. The molecule has 0 aliphatic heterocycles. The van der Waals surface area contributed by atoms with Gasteiger partial charge in [0, 0.05) is 35.7 Å². The number of ether oxygens (including phenoxy) is 2. The van der Waals surface area contributed by atoms with E-state index < -0.39 is 11.7 Å². The van der Waals surface area contributed by atoms with E-state index in [1.54, 1.807) is 45.0 Å². The molecule has 1 heterocycles. The number of aromatic nitrogens is 2. The third kappa shape index (κ3) is 11.3. The fourth-order valence-corrected chi connectivity index (χ4v) is 4.19. The maximum atomic E-state index is 12.4. The van der Waals surface area contributed by atoms with Crippen molar-refractivity contribution in [3.63, 3.8) is 0 Å². The Bertz CT molecular complexity index is 1300. The topological polar surface area (TPSA) is 132 Å². The number of thioether (sulfide) groups is 1. The van der Waals surface area contributed by atoms with Gasteiger partial charge in [-0.05, 0) is 82.6 Å². The predicted octanol–water partition coefficient (Wildman–Crippen LogP) is 5.26. The van der Waals surface area contributed by atoms with Crippen LogP contribution in [0.2, 0.25) is 0 Å². The lowest BCUT2D eigenvalue weighted by atomic mass is 10.2. The molecule has 0 atom stereocenters. The molecule has 0 aliphatic rings. The standard InChI is InChI=1S/C29H35N5O5S/c1-19-15-20(2)32-27(31-19)40-18-26(36)34-23-8-6-7-21(16-23)17-38-24-11-9-22(10-12-24)33-25(35)13-14-30-28(37)39-29(3,4)5/h6-12,15-16H,13-14,17-18H2,1-5H3,(H,30,37)(H,33,35)(H,34,36). The van der Waals surface area contributed by atoms with Gasteiger partial charge in [-0.1, -0.05) is 23.9 Å². The molecule has 11 heteroatoms. The van der Waals surface area contributed by atoms with Gasteiger partial charge in [-0.15, -0.1) is 0 Å². The second kappa shape index (κ2) is 14.3. The lowest BCUT2D eigenvalue weighted by Gasteiger charge is -2.19. The molecular weight excluding hydrogens is 530 g/mol. The van der Waals surface area contributed by atoms with Crippen LogP contribution < -0.4 is 20.7 Å². The van der Waals surface area contributed by atoms with E-state index in [0.29, 0.717) is 28.9 Å². The quantitative estimate of drug-likeness (QED) is 0.212. The fourth-order valence-electron chi connectivity index (χ4n) is 3.44. The molecule has 0 saturated carbocycles. The van der Waals surface area contributed by atoms with E-state index in [9.17, 15) is 14.4 Å². The van der Waals surface area contributed by atoms with Gasteiger partial charge in [-0.2, -0.15) is 0 Å². The van der Waals surface area contributed by atoms with Crippen molar-refractivity contribution < 1.29 is 23.9 Å². The maximum absolute atomic E-state index is 12.4. The molecule has 0 unspecified atom stereocenters. The molecule has 0 bridgehead atoms. The molecular formula is C29H35N5O5S. The average molecular weight is 566 g/mol. The molecule has 3 rings (SSSR count). The number of carbonyl (C=O) groups is 3. The molecule has 0 fully saturated rings. The molecule has 0 aliphatic carbocycles. The highest BCUT2D eigenvalue weighted by Gasteiger charge is 2.16. The summed E-state index contributed by atoms with van der Waals surface area (Å²) in [4.78, 5) is 44.9. The zero-order chi connectivity index (χ0) is 29.1. The van der Waals surface area contributed by atoms with E-state index in [-0.39, 0.29) is 30.5 Å². The number of anilines is 2. The number of carbonyl (C=O) groups excluding carboxylic acids is 3. The molecule has 3 amide bonds. The molecule has 2 aromatic carbocycles. The van der Waals surface area contributed by atoms with Crippen LogP contribution in [-0.4, -0.2) is 45.8 Å². The van der Waals surface area contributed by atoms with Crippen LogP contribution in [0.3, 0.4) is 0 Å². The first-order valence-electron chi connectivity index (χ1n) is 12.8. The highest BCUT2D eigenvalue weighted by molar-refractivity contribution is 7.99. The largest absolute Gasteiger partial charge is 0.489 e. The van der Waals surface area contributed by atoms with Gasteiger partial charge in [-0.25, -0.2) is 14.8 Å². The zero-order valence-corrected chi connectivity index (χ0v) is 24.2. The number of alkyl carbamates (subject to hydrolysis) is 1. The summed E-state index contributed by atoms with van der Waals surface area (Å²) < 4.78 is 11.0. The maximum Gasteiger partial charge on any atom is 0.407 e. The van der Waals surface area contributed by atoms with Crippen molar-refractivity contribution in [1.82, 2.24) is 15.3 Å². The van der Waals surface area contributed by atoms with E-state index in [2.05, 4.69) is 25.9 Å². The Morgan fingerprint density at radius 2 is 1.55 bits per heavy atom. The third-order valence-corrected chi connectivity index (χ3v) is 5.92. The summed E-state index contributed by atoms with van der Waals surface area (Å²) in [6.07, 6.45) is -0.445. The van der Waals surface area contributed by atoms with Gasteiger partial charge < -0.3 is 25.4 Å². The number of benzene rings is 2. The monoisotopic (exact) mass is 565 g/mol. The predicted molar refractivity (Wildman–Crippen MR) is 156 cm³/mol. The van der Waals surface area contributed by atoms with Crippen molar-refractivity contribution in [1.29, 1.82) is 0 Å². The van der Waals surface area contributed by atoms with Crippen LogP contribution in [0.1, 0.15) is 44.1 Å². The first-order chi connectivity index (χ1) is 18.9. The number of hydrogen-bond donors (Lipinski definition) is 3. The van der Waals surface area contributed by atoms with Crippen molar-refractivity contribution in [3.8, 4) is 5.75 Å².